The van der Waals surface area contributed by atoms with Crippen molar-refractivity contribution in [2.45, 2.75) is 32.6 Å². The van der Waals surface area contributed by atoms with Gasteiger partial charge in [0.15, 0.2) is 5.82 Å². The van der Waals surface area contributed by atoms with Gasteiger partial charge in [0, 0.05) is 17.5 Å². The quantitative estimate of drug-likeness (QED) is 0.777. The lowest BCUT2D eigenvalue weighted by Gasteiger charge is -2.08. The topological polar surface area (TPSA) is 38.7 Å². The van der Waals surface area contributed by atoms with E-state index in [2.05, 4.69) is 27.9 Å². The van der Waals surface area contributed by atoms with Crippen molar-refractivity contribution in [2.75, 3.05) is 0 Å². The Morgan fingerprint density at radius 2 is 2.17 bits per heavy atom. The summed E-state index contributed by atoms with van der Waals surface area (Å²) in [6, 6.07) is 4.00. The van der Waals surface area contributed by atoms with Crippen LogP contribution in [-0.4, -0.2) is 15.0 Å². The van der Waals surface area contributed by atoms with Crippen LogP contribution in [0.4, 0.5) is 0 Å². The predicted molar refractivity (Wildman–Crippen MR) is 71.7 cm³/mol. The number of halogens is 1. The number of rotatable bonds is 2. The summed E-state index contributed by atoms with van der Waals surface area (Å²) in [5.74, 6) is 0.665. The van der Waals surface area contributed by atoms with Crippen LogP contribution in [0.15, 0.2) is 18.3 Å². The molecule has 3 nitrogen and oxygen atoms in total. The third kappa shape index (κ3) is 1.89. The monoisotopic (exact) mass is 259 g/mol. The van der Waals surface area contributed by atoms with E-state index < -0.39 is 0 Å². The number of aryl methyl sites for hydroxylation is 2. The molecule has 0 radical (unpaired) electrons. The third-order valence-electron chi connectivity index (χ3n) is 3.37. The Kier molecular flexibility index (Phi) is 3.00. The third-order valence-corrected chi connectivity index (χ3v) is 3.68. The van der Waals surface area contributed by atoms with Crippen LogP contribution in [0, 0.1) is 0 Å². The molecule has 2 heterocycles. The largest absolute Gasteiger partial charge is 0.253 e. The van der Waals surface area contributed by atoms with Crippen LogP contribution in [0.2, 0.25) is 5.15 Å². The SMILES string of the molecule is CCc1cccnc1-c1nc(Cl)c2c(n1)CCC2. The highest BCUT2D eigenvalue weighted by molar-refractivity contribution is 6.30. The Morgan fingerprint density at radius 3 is 3.00 bits per heavy atom. The van der Waals surface area contributed by atoms with Crippen LogP contribution in [0.5, 0.6) is 0 Å². The fourth-order valence-corrected chi connectivity index (χ4v) is 2.70. The van der Waals surface area contributed by atoms with Gasteiger partial charge in [-0.1, -0.05) is 24.6 Å². The molecule has 2 aromatic rings. The van der Waals surface area contributed by atoms with Crippen molar-refractivity contribution in [1.29, 1.82) is 0 Å². The maximum Gasteiger partial charge on any atom is 0.180 e. The van der Waals surface area contributed by atoms with Gasteiger partial charge in [0.1, 0.15) is 10.8 Å². The maximum atomic E-state index is 6.24. The Balaban J connectivity index is 2.15. The molecule has 4 heteroatoms. The van der Waals surface area contributed by atoms with Gasteiger partial charge in [-0.15, -0.1) is 0 Å². The van der Waals surface area contributed by atoms with Crippen LogP contribution in [-0.2, 0) is 19.3 Å². The molecule has 18 heavy (non-hydrogen) atoms. The second-order valence-corrected chi connectivity index (χ2v) is 4.84. The number of hydrogen-bond donors (Lipinski definition) is 0. The molecule has 1 aliphatic carbocycles. The van der Waals surface area contributed by atoms with Crippen molar-refractivity contribution >= 4 is 11.6 Å². The Bertz CT molecular complexity index is 596. The molecule has 0 aliphatic heterocycles. The Morgan fingerprint density at radius 1 is 1.28 bits per heavy atom. The first-order chi connectivity index (χ1) is 8.79. The highest BCUT2D eigenvalue weighted by atomic mass is 35.5. The minimum absolute atomic E-state index is 0.597. The van der Waals surface area contributed by atoms with E-state index in [9.17, 15) is 0 Å². The lowest BCUT2D eigenvalue weighted by molar-refractivity contribution is 0.899. The molecule has 1 aliphatic rings. The lowest BCUT2D eigenvalue weighted by Crippen LogP contribution is -2.01. The molecule has 0 fully saturated rings. The number of hydrogen-bond acceptors (Lipinski definition) is 3. The molecule has 0 unspecified atom stereocenters. The van der Waals surface area contributed by atoms with Crippen LogP contribution < -0.4 is 0 Å². The van der Waals surface area contributed by atoms with Crippen LogP contribution >= 0.6 is 11.6 Å². The summed E-state index contributed by atoms with van der Waals surface area (Å²) in [6.45, 7) is 2.11. The molecule has 0 atom stereocenters. The van der Waals surface area contributed by atoms with Gasteiger partial charge in [-0.2, -0.15) is 0 Å². The predicted octanol–water partition coefficient (Wildman–Crippen LogP) is 3.24. The van der Waals surface area contributed by atoms with Gasteiger partial charge in [0.2, 0.25) is 0 Å². The molecule has 0 saturated heterocycles. The van der Waals surface area contributed by atoms with E-state index in [4.69, 9.17) is 11.6 Å². The summed E-state index contributed by atoms with van der Waals surface area (Å²) in [6.07, 6.45) is 5.81. The molecule has 3 rings (SSSR count). The summed E-state index contributed by atoms with van der Waals surface area (Å²) in [5, 5.41) is 0.597. The molecule has 0 bridgehead atoms. The van der Waals surface area contributed by atoms with E-state index in [0.29, 0.717) is 11.0 Å². The molecule has 0 saturated carbocycles. The normalized spacial score (nSPS) is 13.7. The molecular weight excluding hydrogens is 246 g/mol. The van der Waals surface area contributed by atoms with Gasteiger partial charge >= 0.3 is 0 Å². The number of pyridine rings is 1. The van der Waals surface area contributed by atoms with E-state index in [1.165, 1.54) is 0 Å². The summed E-state index contributed by atoms with van der Waals surface area (Å²) in [4.78, 5) is 13.5. The van der Waals surface area contributed by atoms with E-state index in [-0.39, 0.29) is 0 Å². The lowest BCUT2D eigenvalue weighted by atomic mass is 10.1. The van der Waals surface area contributed by atoms with Gasteiger partial charge in [0.25, 0.3) is 0 Å². The van der Waals surface area contributed by atoms with E-state index in [0.717, 1.165) is 48.2 Å². The first-order valence-electron chi connectivity index (χ1n) is 6.29. The second kappa shape index (κ2) is 4.65. The number of fused-ring (bicyclic) bond motifs is 1. The minimum Gasteiger partial charge on any atom is -0.253 e. The second-order valence-electron chi connectivity index (χ2n) is 4.48. The van der Waals surface area contributed by atoms with E-state index in [1.807, 2.05) is 6.07 Å². The molecule has 0 amide bonds. The van der Waals surface area contributed by atoms with Crippen molar-refractivity contribution in [3.8, 4) is 11.5 Å². The molecule has 2 aromatic heterocycles. The standard InChI is InChI=1S/C14H14ClN3/c1-2-9-5-4-8-16-12(9)14-17-11-7-3-6-10(11)13(15)18-14/h4-5,8H,2-3,6-7H2,1H3. The highest BCUT2D eigenvalue weighted by Crippen LogP contribution is 2.29. The summed E-state index contributed by atoms with van der Waals surface area (Å²) < 4.78 is 0. The van der Waals surface area contributed by atoms with Gasteiger partial charge in [-0.25, -0.2) is 9.97 Å². The van der Waals surface area contributed by atoms with Crippen molar-refractivity contribution in [3.05, 3.63) is 40.3 Å². The number of nitrogens with zero attached hydrogens (tertiary/aromatic N) is 3. The van der Waals surface area contributed by atoms with Crippen LogP contribution in [0.25, 0.3) is 11.5 Å². The first kappa shape index (κ1) is 11.6. The van der Waals surface area contributed by atoms with Crippen molar-refractivity contribution in [1.82, 2.24) is 15.0 Å². The maximum absolute atomic E-state index is 6.24. The fraction of sp³-hybridized carbons (Fsp3) is 0.357. The van der Waals surface area contributed by atoms with Gasteiger partial charge in [0.05, 0.1) is 0 Å². The fourth-order valence-electron chi connectivity index (χ4n) is 2.42. The van der Waals surface area contributed by atoms with Crippen molar-refractivity contribution in [2.24, 2.45) is 0 Å². The Labute approximate surface area is 111 Å². The zero-order chi connectivity index (χ0) is 12.5. The minimum atomic E-state index is 0.597. The smallest absolute Gasteiger partial charge is 0.180 e. The number of aromatic nitrogens is 3. The van der Waals surface area contributed by atoms with Crippen LogP contribution in [0.3, 0.4) is 0 Å². The average molecular weight is 260 g/mol. The average Bonchev–Trinajstić information content (AvgIpc) is 2.87. The molecule has 0 aromatic carbocycles. The molecule has 0 spiro atoms. The van der Waals surface area contributed by atoms with Gasteiger partial charge < -0.3 is 0 Å². The summed E-state index contributed by atoms with van der Waals surface area (Å²) >= 11 is 6.24. The highest BCUT2D eigenvalue weighted by Gasteiger charge is 2.19. The molecular formula is C14H14ClN3. The van der Waals surface area contributed by atoms with Crippen LogP contribution in [0.1, 0.15) is 30.2 Å². The zero-order valence-electron chi connectivity index (χ0n) is 10.3. The molecule has 0 N–H and O–H groups in total. The van der Waals surface area contributed by atoms with Gasteiger partial charge in [-0.05, 0) is 37.3 Å². The Hall–Kier alpha value is -1.48. The van der Waals surface area contributed by atoms with E-state index >= 15 is 0 Å². The molecule has 92 valence electrons. The summed E-state index contributed by atoms with van der Waals surface area (Å²) in [5.41, 5.74) is 4.23. The summed E-state index contributed by atoms with van der Waals surface area (Å²) in [7, 11) is 0. The van der Waals surface area contributed by atoms with E-state index in [1.54, 1.807) is 6.20 Å². The zero-order valence-corrected chi connectivity index (χ0v) is 11.0. The van der Waals surface area contributed by atoms with Crippen molar-refractivity contribution in [3.63, 3.8) is 0 Å². The van der Waals surface area contributed by atoms with Crippen molar-refractivity contribution < 1.29 is 0 Å². The van der Waals surface area contributed by atoms with Gasteiger partial charge in [-0.3, -0.25) is 4.98 Å². The first-order valence-corrected chi connectivity index (χ1v) is 6.67.